The zero-order chi connectivity index (χ0) is 19.2. The number of hydrogen-bond acceptors (Lipinski definition) is 4. The number of hydrogen-bond donors (Lipinski definition) is 1. The van der Waals surface area contributed by atoms with Gasteiger partial charge in [-0.15, -0.1) is 0 Å². The monoisotopic (exact) mass is 410 g/mol. The van der Waals surface area contributed by atoms with Crippen molar-refractivity contribution in [1.29, 1.82) is 0 Å². The van der Waals surface area contributed by atoms with Crippen LogP contribution in [0.5, 0.6) is 0 Å². The second-order valence-electron chi connectivity index (χ2n) is 10.7. The largest absolute Gasteiger partial charge is 1.00 e. The van der Waals surface area contributed by atoms with Crippen LogP contribution in [0.3, 0.4) is 0 Å². The van der Waals surface area contributed by atoms with Crippen LogP contribution in [-0.4, -0.2) is 22.5 Å². The van der Waals surface area contributed by atoms with E-state index in [0.717, 1.165) is 32.1 Å². The summed E-state index contributed by atoms with van der Waals surface area (Å²) < 4.78 is 0. The zero-order valence-electron chi connectivity index (χ0n) is 17.5. The summed E-state index contributed by atoms with van der Waals surface area (Å²) in [6, 6.07) is 0. The molecule has 4 saturated carbocycles. The molecule has 6 unspecified atom stereocenters. The van der Waals surface area contributed by atoms with E-state index in [4.69, 9.17) is 0 Å². The van der Waals surface area contributed by atoms with Crippen molar-refractivity contribution in [1.82, 2.24) is 0 Å². The number of ketones is 1. The minimum absolute atomic E-state index is 0. The van der Waals surface area contributed by atoms with Crippen molar-refractivity contribution in [2.24, 2.45) is 40.4 Å². The maximum Gasteiger partial charge on any atom is 1.00 e. The number of allylic oxidation sites excluding steroid dienone is 1. The first-order valence-electron chi connectivity index (χ1n) is 10.9. The first-order chi connectivity index (χ1) is 12.7. The average Bonchev–Trinajstić information content (AvgIpc) is 3.35. The Bertz CT molecular complexity index is 747. The fourth-order valence-electron chi connectivity index (χ4n) is 8.23. The van der Waals surface area contributed by atoms with Gasteiger partial charge < -0.3 is 15.0 Å². The van der Waals surface area contributed by atoms with Crippen LogP contribution in [0.15, 0.2) is 11.6 Å². The predicted molar refractivity (Wildman–Crippen MR) is 98.3 cm³/mol. The molecule has 1 N–H and O–H groups in total. The summed E-state index contributed by atoms with van der Waals surface area (Å²) in [6.45, 7) is 4.63. The first-order valence-corrected chi connectivity index (χ1v) is 10.9. The number of carboxylic acids is 1. The Balaban J connectivity index is 0.00000192. The molecular weight excluding hydrogens is 379 g/mol. The summed E-state index contributed by atoms with van der Waals surface area (Å²) >= 11 is 0. The van der Waals surface area contributed by atoms with Crippen molar-refractivity contribution in [3.63, 3.8) is 0 Å². The molecule has 0 radical (unpaired) electrons. The van der Waals surface area contributed by atoms with Gasteiger partial charge in [0.05, 0.1) is 5.60 Å². The van der Waals surface area contributed by atoms with Crippen LogP contribution >= 0.6 is 0 Å². The van der Waals surface area contributed by atoms with Gasteiger partial charge in [0.15, 0.2) is 5.78 Å². The van der Waals surface area contributed by atoms with Crippen LogP contribution in [0.4, 0.5) is 0 Å². The molecule has 4 nitrogen and oxygen atoms in total. The maximum absolute atomic E-state index is 12.1. The van der Waals surface area contributed by atoms with Crippen molar-refractivity contribution in [3.8, 4) is 0 Å². The van der Waals surface area contributed by atoms with E-state index in [0.29, 0.717) is 48.2 Å². The number of rotatable bonds is 3. The van der Waals surface area contributed by atoms with Crippen LogP contribution in [0.1, 0.15) is 71.6 Å². The van der Waals surface area contributed by atoms with Gasteiger partial charge in [-0.2, -0.15) is 0 Å². The van der Waals surface area contributed by atoms with E-state index in [1.165, 1.54) is 12.0 Å². The smallest absolute Gasteiger partial charge is 0.550 e. The molecule has 148 valence electrons. The summed E-state index contributed by atoms with van der Waals surface area (Å²) in [5.74, 6) is 2.23. The molecule has 0 aliphatic heterocycles. The number of aliphatic hydroxyl groups is 1. The number of carbonyl (C=O) groups excluding carboxylic acids is 2. The van der Waals surface area contributed by atoms with Crippen molar-refractivity contribution in [2.45, 2.75) is 77.2 Å². The van der Waals surface area contributed by atoms with Crippen LogP contribution < -0.4 is 56.5 Å². The molecule has 0 bridgehead atoms. The van der Waals surface area contributed by atoms with Crippen LogP contribution in [0.25, 0.3) is 0 Å². The van der Waals surface area contributed by atoms with Gasteiger partial charge in [0.1, 0.15) is 0 Å². The molecule has 5 aliphatic carbocycles. The number of carboxylic acid groups (broad SMARTS) is 1. The van der Waals surface area contributed by atoms with Gasteiger partial charge in [0.2, 0.25) is 0 Å². The molecule has 28 heavy (non-hydrogen) atoms. The Kier molecular flexibility index (Phi) is 5.42. The number of aliphatic carboxylic acids is 1. The molecule has 0 aromatic heterocycles. The zero-order valence-corrected chi connectivity index (χ0v) is 20.6. The fourth-order valence-corrected chi connectivity index (χ4v) is 8.23. The van der Waals surface area contributed by atoms with Gasteiger partial charge in [-0.25, -0.2) is 0 Å². The van der Waals surface area contributed by atoms with E-state index in [9.17, 15) is 19.8 Å². The topological polar surface area (TPSA) is 77.4 Å². The Morgan fingerprint density at radius 1 is 1.21 bits per heavy atom. The molecule has 0 spiro atoms. The van der Waals surface area contributed by atoms with E-state index in [2.05, 4.69) is 13.8 Å². The standard InChI is InChI=1S/C23H32O4.K/c1-21-7-3-13(24)11-18(21)14-12-15(14)20-16(21)4-8-22(2)17(20)5-9-23(22,27)10-6-19(25)26;/h11,14-17,20,27H,3-10,12H2,1-2H3,(H,25,26);/q;+1/p-1/t14?,15?,16-,17?,20?,21?,22?,23+;/m0./s1. The molecule has 0 heterocycles. The van der Waals surface area contributed by atoms with Crippen molar-refractivity contribution >= 4 is 11.8 Å². The molecule has 5 heteroatoms. The third-order valence-corrected chi connectivity index (χ3v) is 9.82. The van der Waals surface area contributed by atoms with Gasteiger partial charge in [0.25, 0.3) is 0 Å². The van der Waals surface area contributed by atoms with Crippen molar-refractivity contribution in [3.05, 3.63) is 11.6 Å². The summed E-state index contributed by atoms with van der Waals surface area (Å²) in [5, 5.41) is 22.5. The first kappa shape index (κ1) is 21.7. The van der Waals surface area contributed by atoms with Crippen molar-refractivity contribution < 1.29 is 71.2 Å². The second kappa shape index (κ2) is 6.99. The number of carbonyl (C=O) groups is 2. The maximum atomic E-state index is 12.1. The van der Waals surface area contributed by atoms with Gasteiger partial charge in [0, 0.05) is 12.4 Å². The van der Waals surface area contributed by atoms with Crippen LogP contribution in [0.2, 0.25) is 0 Å². The van der Waals surface area contributed by atoms with E-state index in [-0.39, 0.29) is 68.6 Å². The van der Waals surface area contributed by atoms with E-state index in [1.807, 2.05) is 6.08 Å². The molecule has 0 amide bonds. The van der Waals surface area contributed by atoms with E-state index >= 15 is 0 Å². The van der Waals surface area contributed by atoms with Gasteiger partial charge in [-0.05, 0) is 97.9 Å². The molecule has 0 saturated heterocycles. The molecule has 5 aliphatic rings. The van der Waals surface area contributed by atoms with E-state index in [1.54, 1.807) is 0 Å². The van der Waals surface area contributed by atoms with Gasteiger partial charge in [-0.3, -0.25) is 4.79 Å². The quantitative estimate of drug-likeness (QED) is 0.645. The van der Waals surface area contributed by atoms with Gasteiger partial charge >= 0.3 is 51.4 Å². The summed E-state index contributed by atoms with van der Waals surface area (Å²) in [4.78, 5) is 23.1. The number of fused-ring (bicyclic) bond motifs is 8. The third-order valence-electron chi connectivity index (χ3n) is 9.82. The Labute approximate surface area is 210 Å². The molecule has 8 atom stereocenters. The van der Waals surface area contributed by atoms with Crippen molar-refractivity contribution in [2.75, 3.05) is 0 Å². The second-order valence-corrected chi connectivity index (χ2v) is 10.7. The van der Waals surface area contributed by atoms with Gasteiger partial charge in [-0.1, -0.05) is 19.4 Å². The molecule has 0 aromatic carbocycles. The predicted octanol–water partition coefficient (Wildman–Crippen LogP) is -0.361. The normalized spacial score (nSPS) is 51.0. The fraction of sp³-hybridized carbons (Fsp3) is 0.826. The summed E-state index contributed by atoms with van der Waals surface area (Å²) in [6.07, 6.45) is 8.93. The summed E-state index contributed by atoms with van der Waals surface area (Å²) in [5.41, 5.74) is 0.549. The average molecular weight is 411 g/mol. The third kappa shape index (κ3) is 2.86. The minimum Gasteiger partial charge on any atom is -0.550 e. The van der Waals surface area contributed by atoms with E-state index < -0.39 is 11.6 Å². The van der Waals surface area contributed by atoms with Crippen LogP contribution in [-0.2, 0) is 9.59 Å². The van der Waals surface area contributed by atoms with Crippen LogP contribution in [0, 0.1) is 40.4 Å². The summed E-state index contributed by atoms with van der Waals surface area (Å²) in [7, 11) is 0. The molecule has 4 fully saturated rings. The Morgan fingerprint density at radius 3 is 2.64 bits per heavy atom. The molecule has 5 rings (SSSR count). The molecule has 0 aromatic rings. The molecular formula is C23H31KO4. The Hall–Kier alpha value is 0.476. The minimum atomic E-state index is -1.06. The SMILES string of the molecule is CC12CCC(=O)C=C1C1CC1C1C3CC[C@@](O)(CCC(=O)[O-])C3(C)CC[C@@H]12.[K+]. The Morgan fingerprint density at radius 2 is 1.93 bits per heavy atom.